The number of ether oxygens (including phenoxy) is 1. The lowest BCUT2D eigenvalue weighted by atomic mass is 10.3. The number of hydrazine groups is 1. The Morgan fingerprint density at radius 3 is 2.43 bits per heavy atom. The topological polar surface area (TPSA) is 47.3 Å². The van der Waals surface area contributed by atoms with Gasteiger partial charge in [-0.3, -0.25) is 5.84 Å². The minimum atomic E-state index is -4.92. The molecule has 7 heteroatoms. The molecule has 0 aliphatic rings. The van der Waals surface area contributed by atoms with E-state index in [9.17, 15) is 17.6 Å². The van der Waals surface area contributed by atoms with E-state index in [0.717, 1.165) is 6.07 Å². The summed E-state index contributed by atoms with van der Waals surface area (Å²) >= 11 is 0. The number of alkyl halides is 3. The van der Waals surface area contributed by atoms with Gasteiger partial charge < -0.3 is 10.2 Å². The van der Waals surface area contributed by atoms with E-state index in [0.29, 0.717) is 0 Å². The van der Waals surface area contributed by atoms with Crippen molar-refractivity contribution in [3.05, 3.63) is 24.0 Å². The second-order valence-electron chi connectivity index (χ2n) is 2.31. The Bertz CT molecular complexity index is 326. The molecule has 14 heavy (non-hydrogen) atoms. The minimum absolute atomic E-state index is 0.272. The molecule has 0 fully saturated rings. The lowest BCUT2D eigenvalue weighted by molar-refractivity contribution is -0.275. The molecule has 3 nitrogen and oxygen atoms in total. The lowest BCUT2D eigenvalue weighted by Crippen LogP contribution is -2.18. The van der Waals surface area contributed by atoms with Crippen molar-refractivity contribution < 1.29 is 22.3 Å². The molecule has 1 aromatic rings. The number of nitrogens with one attached hydrogen (secondary N) is 1. The van der Waals surface area contributed by atoms with Crippen LogP contribution in [-0.4, -0.2) is 6.36 Å². The number of hydrogen-bond acceptors (Lipinski definition) is 3. The number of benzene rings is 1. The van der Waals surface area contributed by atoms with Gasteiger partial charge in [-0.2, -0.15) is 0 Å². The second-order valence-corrected chi connectivity index (χ2v) is 2.31. The zero-order valence-corrected chi connectivity index (χ0v) is 6.73. The van der Waals surface area contributed by atoms with E-state index in [2.05, 4.69) is 4.74 Å². The van der Waals surface area contributed by atoms with Crippen LogP contribution >= 0.6 is 0 Å². The third kappa shape index (κ3) is 2.49. The molecule has 0 saturated heterocycles. The van der Waals surface area contributed by atoms with Gasteiger partial charge >= 0.3 is 6.36 Å². The summed E-state index contributed by atoms with van der Waals surface area (Å²) in [6.45, 7) is 0. The molecule has 0 radical (unpaired) electrons. The van der Waals surface area contributed by atoms with Crippen molar-refractivity contribution in [1.29, 1.82) is 0 Å². The van der Waals surface area contributed by atoms with Crippen molar-refractivity contribution in [2.75, 3.05) is 5.43 Å². The molecule has 3 N–H and O–H groups in total. The number of rotatable bonds is 2. The maximum Gasteiger partial charge on any atom is 0.573 e. The quantitative estimate of drug-likeness (QED) is 0.446. The molecule has 0 heterocycles. The highest BCUT2D eigenvalue weighted by Crippen LogP contribution is 2.28. The summed E-state index contributed by atoms with van der Waals surface area (Å²) in [6.07, 6.45) is -4.92. The number of nitrogen functional groups attached to an aromatic ring is 1. The van der Waals surface area contributed by atoms with Gasteiger partial charge in [-0.15, -0.1) is 13.2 Å². The first-order valence-corrected chi connectivity index (χ1v) is 3.45. The Balaban J connectivity index is 2.98. The van der Waals surface area contributed by atoms with Gasteiger partial charge in [0, 0.05) is 0 Å². The molecule has 0 unspecified atom stereocenters. The van der Waals surface area contributed by atoms with Crippen LogP contribution in [0.1, 0.15) is 0 Å². The molecule has 1 aromatic carbocycles. The molecular weight excluding hydrogens is 204 g/mol. The predicted octanol–water partition coefficient (Wildman–Crippen LogP) is 2.01. The first kappa shape index (κ1) is 10.6. The van der Waals surface area contributed by atoms with E-state index in [4.69, 9.17) is 5.84 Å². The smallest absolute Gasteiger partial charge is 0.403 e. The van der Waals surface area contributed by atoms with E-state index in [-0.39, 0.29) is 5.69 Å². The Morgan fingerprint density at radius 1 is 1.29 bits per heavy atom. The van der Waals surface area contributed by atoms with Gasteiger partial charge in [0.1, 0.15) is 0 Å². The molecule has 0 bridgehead atoms. The zero-order valence-electron chi connectivity index (χ0n) is 6.73. The van der Waals surface area contributed by atoms with Crippen molar-refractivity contribution in [2.45, 2.75) is 6.36 Å². The Morgan fingerprint density at radius 2 is 1.93 bits per heavy atom. The molecule has 0 saturated carbocycles. The maximum absolute atomic E-state index is 13.0. The Labute approximate surface area is 76.4 Å². The van der Waals surface area contributed by atoms with E-state index >= 15 is 0 Å². The zero-order chi connectivity index (χ0) is 10.8. The largest absolute Gasteiger partial charge is 0.573 e. The third-order valence-electron chi connectivity index (χ3n) is 1.34. The number of halogens is 4. The van der Waals surface area contributed by atoms with Crippen LogP contribution in [-0.2, 0) is 0 Å². The summed E-state index contributed by atoms with van der Waals surface area (Å²) < 4.78 is 51.6. The van der Waals surface area contributed by atoms with E-state index in [1.165, 1.54) is 12.1 Å². The highest BCUT2D eigenvalue weighted by atomic mass is 19.4. The van der Waals surface area contributed by atoms with Crippen molar-refractivity contribution in [3.8, 4) is 5.75 Å². The standard InChI is InChI=1S/C7H6F4N2O/c8-6-4(13-12)2-1-3-5(6)14-7(9,10)11/h1-3,13H,12H2. The first-order valence-electron chi connectivity index (χ1n) is 3.45. The van der Waals surface area contributed by atoms with Crippen molar-refractivity contribution in [3.63, 3.8) is 0 Å². The number of nitrogens with two attached hydrogens (primary N) is 1. The molecular formula is C7H6F4N2O. The van der Waals surface area contributed by atoms with Crippen molar-refractivity contribution in [1.82, 2.24) is 0 Å². The summed E-state index contributed by atoms with van der Waals surface area (Å²) in [6, 6.07) is 3.21. The highest BCUT2D eigenvalue weighted by molar-refractivity contribution is 5.49. The average Bonchev–Trinajstić information content (AvgIpc) is 2.06. The second kappa shape index (κ2) is 3.70. The van der Waals surface area contributed by atoms with Gasteiger partial charge in [0.2, 0.25) is 0 Å². The van der Waals surface area contributed by atoms with E-state index < -0.39 is 17.9 Å². The van der Waals surface area contributed by atoms with Gasteiger partial charge in [-0.25, -0.2) is 4.39 Å². The molecule has 0 aliphatic heterocycles. The molecule has 0 atom stereocenters. The summed E-state index contributed by atoms with van der Waals surface area (Å²) in [5.41, 5.74) is 1.63. The monoisotopic (exact) mass is 210 g/mol. The normalized spacial score (nSPS) is 11.2. The van der Waals surface area contributed by atoms with Crippen LogP contribution in [0.25, 0.3) is 0 Å². The molecule has 78 valence electrons. The molecule has 0 aliphatic carbocycles. The minimum Gasteiger partial charge on any atom is -0.403 e. The van der Waals surface area contributed by atoms with Crippen LogP contribution in [0.15, 0.2) is 18.2 Å². The van der Waals surface area contributed by atoms with Crippen LogP contribution in [0.5, 0.6) is 5.75 Å². The fraction of sp³-hybridized carbons (Fsp3) is 0.143. The van der Waals surface area contributed by atoms with Crippen molar-refractivity contribution in [2.24, 2.45) is 5.84 Å². The fourth-order valence-electron chi connectivity index (χ4n) is 0.826. The average molecular weight is 210 g/mol. The summed E-state index contributed by atoms with van der Waals surface area (Å²) in [4.78, 5) is 0. The van der Waals surface area contributed by atoms with Gasteiger partial charge in [0.05, 0.1) is 5.69 Å². The van der Waals surface area contributed by atoms with Gasteiger partial charge in [0.25, 0.3) is 0 Å². The molecule has 0 aromatic heterocycles. The van der Waals surface area contributed by atoms with E-state index in [1.807, 2.05) is 5.43 Å². The Kier molecular flexibility index (Phi) is 2.80. The number of anilines is 1. The summed E-state index contributed by atoms with van der Waals surface area (Å²) in [7, 11) is 0. The molecule has 0 amide bonds. The molecule has 1 rings (SSSR count). The van der Waals surface area contributed by atoms with Crippen molar-refractivity contribution >= 4 is 5.69 Å². The highest BCUT2D eigenvalue weighted by Gasteiger charge is 2.32. The van der Waals surface area contributed by atoms with Gasteiger partial charge in [-0.1, -0.05) is 6.07 Å². The molecule has 0 spiro atoms. The van der Waals surface area contributed by atoms with Crippen LogP contribution in [0.3, 0.4) is 0 Å². The predicted molar refractivity (Wildman–Crippen MR) is 40.9 cm³/mol. The first-order chi connectivity index (χ1) is 6.44. The van der Waals surface area contributed by atoms with Crippen LogP contribution in [0, 0.1) is 5.82 Å². The fourth-order valence-corrected chi connectivity index (χ4v) is 0.826. The van der Waals surface area contributed by atoms with Crippen LogP contribution in [0.2, 0.25) is 0 Å². The summed E-state index contributed by atoms with van der Waals surface area (Å²) in [5, 5.41) is 0. The van der Waals surface area contributed by atoms with E-state index in [1.54, 1.807) is 0 Å². The van der Waals surface area contributed by atoms with Gasteiger partial charge in [-0.05, 0) is 12.1 Å². The summed E-state index contributed by atoms with van der Waals surface area (Å²) in [5.74, 6) is 2.75. The maximum atomic E-state index is 13.0. The Hall–Kier alpha value is -1.50. The third-order valence-corrected chi connectivity index (χ3v) is 1.34. The number of hydrogen-bond donors (Lipinski definition) is 2. The van der Waals surface area contributed by atoms with Crippen LogP contribution < -0.4 is 16.0 Å². The van der Waals surface area contributed by atoms with Gasteiger partial charge in [0.15, 0.2) is 11.6 Å². The SMILES string of the molecule is NNc1cccc(OC(F)(F)F)c1F. The van der Waals surface area contributed by atoms with Crippen LogP contribution in [0.4, 0.5) is 23.2 Å². The lowest BCUT2D eigenvalue weighted by Gasteiger charge is -2.11.